The van der Waals surface area contributed by atoms with Gasteiger partial charge in [-0.2, -0.15) is 0 Å². The summed E-state index contributed by atoms with van der Waals surface area (Å²) in [5, 5.41) is 14.4. The highest BCUT2D eigenvalue weighted by Crippen LogP contribution is 2.13. The Kier molecular flexibility index (Phi) is 4.81. The molecule has 0 radical (unpaired) electrons. The van der Waals surface area contributed by atoms with Crippen LogP contribution in [0.3, 0.4) is 0 Å². The molecular weight excluding hydrogens is 242 g/mol. The maximum Gasteiger partial charge on any atom is 0.291 e. The van der Waals surface area contributed by atoms with E-state index in [1.807, 2.05) is 0 Å². The minimum absolute atomic E-state index is 0.0356. The van der Waals surface area contributed by atoms with Gasteiger partial charge in [0.1, 0.15) is 5.76 Å². The summed E-state index contributed by atoms with van der Waals surface area (Å²) in [6, 6.07) is 0.979. The monoisotopic (exact) mass is 254 g/mol. The van der Waals surface area contributed by atoms with Gasteiger partial charge in [0.25, 0.3) is 5.91 Å². The lowest BCUT2D eigenvalue weighted by molar-refractivity contribution is 0.0916. The number of nitrogens with zero attached hydrogens (tertiary/aromatic N) is 2. The van der Waals surface area contributed by atoms with Crippen molar-refractivity contribution in [2.75, 3.05) is 13.1 Å². The molecule has 1 amide bonds. The van der Waals surface area contributed by atoms with Gasteiger partial charge in [-0.25, -0.2) is 0 Å². The summed E-state index contributed by atoms with van der Waals surface area (Å²) in [6.45, 7) is 0.279. The van der Waals surface area contributed by atoms with Gasteiger partial charge in [-0.05, 0) is 0 Å². The van der Waals surface area contributed by atoms with Crippen LogP contribution in [-0.4, -0.2) is 24.1 Å². The summed E-state index contributed by atoms with van der Waals surface area (Å²) in [4.78, 5) is 22.9. The smallest absolute Gasteiger partial charge is 0.291 e. The second-order valence-electron chi connectivity index (χ2n) is 3.23. The zero-order chi connectivity index (χ0) is 13.5. The third kappa shape index (κ3) is 3.28. The summed E-state index contributed by atoms with van der Waals surface area (Å²) < 4.78 is 5.01. The van der Waals surface area contributed by atoms with Gasteiger partial charge in [-0.1, -0.05) is 0 Å². The van der Waals surface area contributed by atoms with Gasteiger partial charge < -0.3 is 31.5 Å². The number of nitrogens with two attached hydrogens (primary N) is 1. The Balaban J connectivity index is 3.01. The topological polar surface area (TPSA) is 152 Å². The summed E-state index contributed by atoms with van der Waals surface area (Å²) in [5.41, 5.74) is 14.8. The van der Waals surface area contributed by atoms with Crippen molar-refractivity contribution in [3.8, 4) is 5.75 Å². The molecule has 9 nitrogen and oxygen atoms in total. The molecule has 0 spiro atoms. The van der Waals surface area contributed by atoms with E-state index in [4.69, 9.17) is 15.7 Å². The third-order valence-electron chi connectivity index (χ3n) is 1.93. The van der Waals surface area contributed by atoms with Crippen molar-refractivity contribution >= 4 is 5.91 Å². The highest BCUT2D eigenvalue weighted by atomic mass is 16.4. The van der Waals surface area contributed by atoms with E-state index in [1.165, 1.54) is 0 Å². The lowest BCUT2D eigenvalue weighted by atomic mass is 10.3. The van der Waals surface area contributed by atoms with Crippen LogP contribution in [0.15, 0.2) is 20.5 Å². The standard InChI is InChI=1S/C9H12N5O4/c10-1-2-12-9(17)8-7(16)6(15)3-5(18-8)4-13-14-11/h3H,1-2,4,10H2,(H3-,11,12,13,16,17)/q-1. The first-order valence-electron chi connectivity index (χ1n) is 5.01. The van der Waals surface area contributed by atoms with E-state index in [0.717, 1.165) is 6.07 Å². The SMILES string of the molecule is [N-]=NNCc1cc(=O)c(O)c(C(=O)NCCN)o1. The van der Waals surface area contributed by atoms with Gasteiger partial charge in [0.15, 0.2) is 0 Å². The molecule has 1 rings (SSSR count). The van der Waals surface area contributed by atoms with Crippen LogP contribution in [-0.2, 0) is 6.54 Å². The van der Waals surface area contributed by atoms with Crippen molar-refractivity contribution in [2.45, 2.75) is 6.54 Å². The number of rotatable bonds is 6. The average molecular weight is 254 g/mol. The maximum absolute atomic E-state index is 11.6. The maximum atomic E-state index is 11.6. The van der Waals surface area contributed by atoms with E-state index < -0.39 is 22.8 Å². The Hall–Kier alpha value is -2.42. The minimum atomic E-state index is -0.783. The van der Waals surface area contributed by atoms with E-state index in [9.17, 15) is 14.7 Å². The molecule has 9 heteroatoms. The van der Waals surface area contributed by atoms with Gasteiger partial charge in [-0.15, -0.1) is 0 Å². The van der Waals surface area contributed by atoms with Crippen LogP contribution in [0, 0.1) is 0 Å². The molecule has 1 aromatic rings. The largest absolute Gasteiger partial charge is 0.501 e. The first kappa shape index (κ1) is 13.6. The van der Waals surface area contributed by atoms with E-state index in [2.05, 4.69) is 16.0 Å². The molecule has 0 aliphatic carbocycles. The van der Waals surface area contributed by atoms with Gasteiger partial charge >= 0.3 is 0 Å². The van der Waals surface area contributed by atoms with Gasteiger partial charge in [-0.3, -0.25) is 14.8 Å². The first-order valence-corrected chi connectivity index (χ1v) is 5.01. The minimum Gasteiger partial charge on any atom is -0.501 e. The lowest BCUT2D eigenvalue weighted by Gasteiger charge is -2.08. The predicted molar refractivity (Wildman–Crippen MR) is 60.7 cm³/mol. The number of amides is 1. The second-order valence-corrected chi connectivity index (χ2v) is 3.23. The first-order chi connectivity index (χ1) is 8.60. The molecule has 0 aliphatic rings. The molecule has 0 atom stereocenters. The average Bonchev–Trinajstić information content (AvgIpc) is 2.37. The number of carbonyl (C=O) groups excluding carboxylic acids is 1. The van der Waals surface area contributed by atoms with Crippen molar-refractivity contribution in [1.29, 1.82) is 0 Å². The molecule has 0 unspecified atom stereocenters. The molecule has 0 bridgehead atoms. The lowest BCUT2D eigenvalue weighted by Crippen LogP contribution is -2.30. The van der Waals surface area contributed by atoms with Crippen LogP contribution in [0.4, 0.5) is 0 Å². The molecule has 1 heterocycles. The summed E-state index contributed by atoms with van der Waals surface area (Å²) in [6.07, 6.45) is 0. The van der Waals surface area contributed by atoms with Crippen LogP contribution < -0.4 is 21.9 Å². The van der Waals surface area contributed by atoms with Crippen molar-refractivity contribution in [1.82, 2.24) is 10.7 Å². The van der Waals surface area contributed by atoms with Crippen molar-refractivity contribution in [3.63, 3.8) is 0 Å². The molecule has 0 aliphatic heterocycles. The Labute approximate surface area is 101 Å². The van der Waals surface area contributed by atoms with Gasteiger partial charge in [0, 0.05) is 25.7 Å². The van der Waals surface area contributed by atoms with Crippen LogP contribution >= 0.6 is 0 Å². The number of nitrogens with one attached hydrogen (secondary N) is 2. The Morgan fingerprint density at radius 3 is 2.94 bits per heavy atom. The molecule has 18 heavy (non-hydrogen) atoms. The highest BCUT2D eigenvalue weighted by Gasteiger charge is 2.17. The zero-order valence-electron chi connectivity index (χ0n) is 9.34. The molecule has 0 fully saturated rings. The van der Waals surface area contributed by atoms with Crippen molar-refractivity contribution in [3.05, 3.63) is 33.3 Å². The van der Waals surface area contributed by atoms with Crippen molar-refractivity contribution in [2.24, 2.45) is 11.0 Å². The van der Waals surface area contributed by atoms with Crippen LogP contribution in [0.1, 0.15) is 16.3 Å². The molecule has 98 valence electrons. The summed E-state index contributed by atoms with van der Waals surface area (Å²) in [5.74, 6) is -2.01. The van der Waals surface area contributed by atoms with E-state index >= 15 is 0 Å². The fraction of sp³-hybridized carbons (Fsp3) is 0.333. The van der Waals surface area contributed by atoms with Crippen LogP contribution in [0.5, 0.6) is 5.75 Å². The second kappa shape index (κ2) is 6.35. The fourth-order valence-electron chi connectivity index (χ4n) is 1.16. The van der Waals surface area contributed by atoms with E-state index in [0.29, 0.717) is 0 Å². The highest BCUT2D eigenvalue weighted by molar-refractivity contribution is 5.93. The zero-order valence-corrected chi connectivity index (χ0v) is 9.34. The molecular formula is C9H12N5O4-. The predicted octanol–water partition coefficient (Wildman–Crippen LogP) is -0.940. The number of carbonyl (C=O) groups is 1. The Morgan fingerprint density at radius 1 is 1.61 bits per heavy atom. The normalized spacial score (nSPS) is 9.83. The summed E-state index contributed by atoms with van der Waals surface area (Å²) in [7, 11) is 0. The molecule has 5 N–H and O–H groups in total. The number of hydrogen-bond donors (Lipinski definition) is 4. The number of hydrogen-bond acceptors (Lipinski definition) is 6. The van der Waals surface area contributed by atoms with Crippen molar-refractivity contribution < 1.29 is 14.3 Å². The third-order valence-corrected chi connectivity index (χ3v) is 1.93. The molecule has 0 saturated carbocycles. The molecule has 0 saturated heterocycles. The molecule has 0 aromatic carbocycles. The van der Waals surface area contributed by atoms with Gasteiger partial charge in [0.05, 0.1) is 0 Å². The van der Waals surface area contributed by atoms with E-state index in [-0.39, 0.29) is 25.4 Å². The Morgan fingerprint density at radius 2 is 2.33 bits per heavy atom. The van der Waals surface area contributed by atoms with Gasteiger partial charge in [0.2, 0.25) is 16.9 Å². The fourth-order valence-corrected chi connectivity index (χ4v) is 1.16. The Bertz CT molecular complexity index is 498. The van der Waals surface area contributed by atoms with Crippen LogP contribution in [0.25, 0.3) is 5.53 Å². The van der Waals surface area contributed by atoms with E-state index in [1.54, 1.807) is 0 Å². The van der Waals surface area contributed by atoms with Crippen LogP contribution in [0.2, 0.25) is 0 Å². The number of aromatic hydroxyl groups is 1. The molecule has 1 aromatic heterocycles. The summed E-state index contributed by atoms with van der Waals surface area (Å²) >= 11 is 0. The quantitative estimate of drug-likeness (QED) is 0.379.